The van der Waals surface area contributed by atoms with Crippen molar-refractivity contribution >= 4 is 21.6 Å². The van der Waals surface area contributed by atoms with Crippen LogP contribution in [0.3, 0.4) is 0 Å². The summed E-state index contributed by atoms with van der Waals surface area (Å²) in [4.78, 5) is -0.0979. The van der Waals surface area contributed by atoms with Crippen LogP contribution in [0.4, 0.5) is 0 Å². The molecule has 0 rings (SSSR count). The van der Waals surface area contributed by atoms with Crippen molar-refractivity contribution < 1.29 is 13.2 Å². The zero-order chi connectivity index (χ0) is 11.4. The van der Waals surface area contributed by atoms with Crippen LogP contribution in [0.2, 0.25) is 0 Å². The summed E-state index contributed by atoms with van der Waals surface area (Å²) in [6.07, 6.45) is 2.80. The van der Waals surface area contributed by atoms with E-state index in [1.807, 2.05) is 0 Å². The van der Waals surface area contributed by atoms with E-state index in [1.54, 1.807) is 0 Å². The van der Waals surface area contributed by atoms with Crippen molar-refractivity contribution in [3.8, 4) is 0 Å². The van der Waals surface area contributed by atoms with Crippen molar-refractivity contribution in [2.24, 2.45) is 5.14 Å². The van der Waals surface area contributed by atoms with Crippen molar-refractivity contribution in [3.05, 3.63) is 34.4 Å². The second kappa shape index (κ2) is 5.19. The van der Waals surface area contributed by atoms with Crippen LogP contribution in [-0.2, 0) is 14.8 Å². The lowest BCUT2D eigenvalue weighted by molar-refractivity contribution is 0.309. The summed E-state index contributed by atoms with van der Waals surface area (Å²) >= 11 is 5.65. The van der Waals surface area contributed by atoms with Gasteiger partial charge in [-0.15, -0.1) is 0 Å². The summed E-state index contributed by atoms with van der Waals surface area (Å²) < 4.78 is 26.4. The van der Waals surface area contributed by atoms with Crippen LogP contribution in [-0.4, -0.2) is 15.5 Å². The number of nitrogens with two attached hydrogens (primary N) is 1. The standard InChI is InChI=1S/C8H12ClNO3S/c1-6(13-3)4-5-8(9)7(2)14(10,11)12/h4-5H,1H2,2-3H3,(H2,10,11,12)/b5-4-,8-7-. The number of primary sulfonamides is 1. The average Bonchev–Trinajstić information content (AvgIpc) is 2.10. The molecule has 0 aromatic carbocycles. The topological polar surface area (TPSA) is 69.4 Å². The second-order valence-corrected chi connectivity index (χ2v) is 4.56. The van der Waals surface area contributed by atoms with Gasteiger partial charge in [-0.1, -0.05) is 18.2 Å². The molecule has 0 atom stereocenters. The van der Waals surface area contributed by atoms with Gasteiger partial charge in [0.15, 0.2) is 0 Å². The zero-order valence-electron chi connectivity index (χ0n) is 7.95. The Balaban J connectivity index is 4.88. The van der Waals surface area contributed by atoms with Gasteiger partial charge >= 0.3 is 0 Å². The molecule has 0 aromatic heterocycles. The number of allylic oxidation sites excluding steroid dienone is 4. The molecule has 0 aliphatic heterocycles. The van der Waals surface area contributed by atoms with E-state index in [9.17, 15) is 8.42 Å². The minimum Gasteiger partial charge on any atom is -0.497 e. The molecule has 0 fully saturated rings. The Kier molecular flexibility index (Phi) is 4.90. The Morgan fingerprint density at radius 3 is 2.36 bits per heavy atom. The maximum Gasteiger partial charge on any atom is 0.235 e. The lowest BCUT2D eigenvalue weighted by atomic mass is 10.4. The number of rotatable bonds is 4. The van der Waals surface area contributed by atoms with Crippen molar-refractivity contribution in [1.29, 1.82) is 0 Å². The molecule has 80 valence electrons. The van der Waals surface area contributed by atoms with E-state index in [4.69, 9.17) is 21.5 Å². The zero-order valence-corrected chi connectivity index (χ0v) is 9.52. The number of sulfonamides is 1. The van der Waals surface area contributed by atoms with E-state index in [2.05, 4.69) is 6.58 Å². The van der Waals surface area contributed by atoms with Gasteiger partial charge in [0.1, 0.15) is 5.76 Å². The minimum absolute atomic E-state index is 0.0331. The molecule has 0 bridgehead atoms. The van der Waals surface area contributed by atoms with Gasteiger partial charge in [-0.2, -0.15) is 0 Å². The molecule has 14 heavy (non-hydrogen) atoms. The summed E-state index contributed by atoms with van der Waals surface area (Å²) in [5.41, 5.74) is 0. The van der Waals surface area contributed by atoms with Crippen molar-refractivity contribution in [2.45, 2.75) is 6.92 Å². The molecular weight excluding hydrogens is 226 g/mol. The molecule has 0 spiro atoms. The highest BCUT2D eigenvalue weighted by molar-refractivity contribution is 7.93. The molecule has 0 aliphatic rings. The average molecular weight is 238 g/mol. The number of ether oxygens (including phenoxy) is 1. The summed E-state index contributed by atoms with van der Waals surface area (Å²) in [5, 5.41) is 4.89. The summed E-state index contributed by atoms with van der Waals surface area (Å²) in [6.45, 7) is 4.81. The molecule has 0 saturated heterocycles. The Morgan fingerprint density at radius 1 is 1.50 bits per heavy atom. The van der Waals surface area contributed by atoms with Gasteiger partial charge in [0.2, 0.25) is 10.0 Å². The number of methoxy groups -OCH3 is 1. The molecule has 6 heteroatoms. The fourth-order valence-corrected chi connectivity index (χ4v) is 1.21. The van der Waals surface area contributed by atoms with E-state index in [-0.39, 0.29) is 9.94 Å². The molecule has 0 aromatic rings. The monoisotopic (exact) mass is 237 g/mol. The van der Waals surface area contributed by atoms with Crippen LogP contribution >= 0.6 is 11.6 Å². The highest BCUT2D eigenvalue weighted by Gasteiger charge is 2.09. The van der Waals surface area contributed by atoms with Crippen molar-refractivity contribution in [1.82, 2.24) is 0 Å². The van der Waals surface area contributed by atoms with Crippen LogP contribution < -0.4 is 5.14 Å². The fourth-order valence-electron chi connectivity index (χ4n) is 0.487. The van der Waals surface area contributed by atoms with E-state index < -0.39 is 10.0 Å². The second-order valence-electron chi connectivity index (χ2n) is 2.45. The maximum atomic E-state index is 10.8. The SMILES string of the molecule is C=C(/C=C\C(Cl)=C(/C)S(N)(=O)=O)OC. The fraction of sp³-hybridized carbons (Fsp3) is 0.250. The van der Waals surface area contributed by atoms with E-state index in [1.165, 1.54) is 26.2 Å². The lowest BCUT2D eigenvalue weighted by Gasteiger charge is -1.99. The van der Waals surface area contributed by atoms with Crippen molar-refractivity contribution in [2.75, 3.05) is 7.11 Å². The van der Waals surface area contributed by atoms with Crippen LogP contribution in [0.25, 0.3) is 0 Å². The highest BCUT2D eigenvalue weighted by Crippen LogP contribution is 2.14. The predicted molar refractivity (Wildman–Crippen MR) is 56.9 cm³/mol. The van der Waals surface area contributed by atoms with Crippen LogP contribution in [0.15, 0.2) is 34.4 Å². The molecule has 0 aliphatic carbocycles. The Labute approximate surface area is 88.7 Å². The molecule has 0 saturated carbocycles. The Morgan fingerprint density at radius 2 is 2.00 bits per heavy atom. The molecule has 2 N–H and O–H groups in total. The molecule has 0 radical (unpaired) electrons. The first-order valence-corrected chi connectivity index (χ1v) is 5.51. The maximum absolute atomic E-state index is 10.8. The van der Waals surface area contributed by atoms with Crippen LogP contribution in [0.5, 0.6) is 0 Å². The van der Waals surface area contributed by atoms with Gasteiger partial charge in [-0.25, -0.2) is 13.6 Å². The molecule has 0 unspecified atom stereocenters. The number of hydrogen-bond acceptors (Lipinski definition) is 3. The molecule has 4 nitrogen and oxygen atoms in total. The molecule has 0 amide bonds. The van der Waals surface area contributed by atoms with Gasteiger partial charge in [0.25, 0.3) is 0 Å². The highest BCUT2D eigenvalue weighted by atomic mass is 35.5. The predicted octanol–water partition coefficient (Wildman–Crippen LogP) is 1.46. The quantitative estimate of drug-likeness (QED) is 0.595. The van der Waals surface area contributed by atoms with Crippen LogP contribution in [0.1, 0.15) is 6.92 Å². The Hall–Kier alpha value is -0.780. The van der Waals surface area contributed by atoms with Gasteiger partial charge in [-0.3, -0.25) is 0 Å². The smallest absolute Gasteiger partial charge is 0.235 e. The van der Waals surface area contributed by atoms with Gasteiger partial charge in [0.05, 0.1) is 17.0 Å². The third-order valence-electron chi connectivity index (χ3n) is 1.44. The third-order valence-corrected chi connectivity index (χ3v) is 3.04. The van der Waals surface area contributed by atoms with Gasteiger partial charge < -0.3 is 4.74 Å². The minimum atomic E-state index is -3.73. The summed E-state index contributed by atoms with van der Waals surface area (Å²) in [7, 11) is -2.29. The van der Waals surface area contributed by atoms with Crippen molar-refractivity contribution in [3.63, 3.8) is 0 Å². The number of halogens is 1. The van der Waals surface area contributed by atoms with Crippen LogP contribution in [0, 0.1) is 0 Å². The first-order chi connectivity index (χ1) is 6.29. The van der Waals surface area contributed by atoms with E-state index >= 15 is 0 Å². The Bertz CT molecular complexity index is 381. The largest absolute Gasteiger partial charge is 0.497 e. The summed E-state index contributed by atoms with van der Waals surface area (Å²) in [5.74, 6) is 0.366. The first kappa shape index (κ1) is 13.2. The van der Waals surface area contributed by atoms with E-state index in [0.29, 0.717) is 5.76 Å². The molecular formula is C8H12ClNO3S. The normalized spacial score (nSPS) is 14.0. The molecule has 0 heterocycles. The summed E-state index contributed by atoms with van der Waals surface area (Å²) in [6, 6.07) is 0. The number of hydrogen-bond donors (Lipinski definition) is 1. The van der Waals surface area contributed by atoms with E-state index in [0.717, 1.165) is 0 Å². The van der Waals surface area contributed by atoms with Gasteiger partial charge in [-0.05, 0) is 19.1 Å². The third kappa shape index (κ3) is 4.45. The lowest BCUT2D eigenvalue weighted by Crippen LogP contribution is -2.13. The van der Waals surface area contributed by atoms with Gasteiger partial charge in [0, 0.05) is 0 Å². The first-order valence-electron chi connectivity index (χ1n) is 3.59.